The highest BCUT2D eigenvalue weighted by Gasteiger charge is 2.30. The molecule has 0 bridgehead atoms. The molecule has 24 heavy (non-hydrogen) atoms. The van der Waals surface area contributed by atoms with Gasteiger partial charge in [0.15, 0.2) is 0 Å². The maximum atomic E-state index is 12.8. The first-order valence-electron chi connectivity index (χ1n) is 9.00. The number of amides is 2. The summed E-state index contributed by atoms with van der Waals surface area (Å²) in [6.45, 7) is 4.70. The van der Waals surface area contributed by atoms with Gasteiger partial charge in [0.05, 0.1) is 6.54 Å². The molecule has 2 fully saturated rings. The lowest BCUT2D eigenvalue weighted by Gasteiger charge is -2.36. The number of carbonyl (C=O) groups excluding carboxylic acids is 2. The van der Waals surface area contributed by atoms with Crippen molar-refractivity contribution in [2.75, 3.05) is 26.2 Å². The second-order valence-electron chi connectivity index (χ2n) is 6.88. The van der Waals surface area contributed by atoms with Gasteiger partial charge in [0.1, 0.15) is 0 Å². The SMILES string of the molecule is C[C@H]1CCCCN1C(=O)CN1CCNC(=O)C[C@H]1c1ccccc1. The summed E-state index contributed by atoms with van der Waals surface area (Å²) >= 11 is 0. The van der Waals surface area contributed by atoms with E-state index in [-0.39, 0.29) is 17.9 Å². The number of likely N-dealkylation sites (tertiary alicyclic amines) is 1. The third-order valence-corrected chi connectivity index (χ3v) is 5.19. The molecule has 2 saturated heterocycles. The number of rotatable bonds is 3. The van der Waals surface area contributed by atoms with Crippen molar-refractivity contribution in [1.29, 1.82) is 0 Å². The molecule has 2 heterocycles. The summed E-state index contributed by atoms with van der Waals surface area (Å²) in [4.78, 5) is 29.0. The number of benzene rings is 1. The van der Waals surface area contributed by atoms with Crippen LogP contribution in [0.4, 0.5) is 0 Å². The minimum atomic E-state index is -0.0299. The second-order valence-corrected chi connectivity index (χ2v) is 6.88. The molecule has 5 heteroatoms. The molecule has 2 aliphatic heterocycles. The van der Waals surface area contributed by atoms with Crippen molar-refractivity contribution in [2.45, 2.75) is 44.7 Å². The molecule has 2 atom stereocenters. The number of nitrogens with one attached hydrogen (secondary N) is 1. The minimum absolute atomic E-state index is 0.0299. The van der Waals surface area contributed by atoms with Crippen molar-refractivity contribution >= 4 is 11.8 Å². The smallest absolute Gasteiger partial charge is 0.237 e. The van der Waals surface area contributed by atoms with Gasteiger partial charge in [-0.3, -0.25) is 14.5 Å². The van der Waals surface area contributed by atoms with Crippen molar-refractivity contribution in [2.24, 2.45) is 0 Å². The van der Waals surface area contributed by atoms with E-state index in [2.05, 4.69) is 17.1 Å². The Balaban J connectivity index is 1.75. The Morgan fingerprint density at radius 1 is 1.21 bits per heavy atom. The van der Waals surface area contributed by atoms with E-state index in [0.717, 1.165) is 24.9 Å². The molecule has 0 aliphatic carbocycles. The molecular formula is C19H27N3O2. The first kappa shape index (κ1) is 17.0. The van der Waals surface area contributed by atoms with Crippen molar-refractivity contribution < 1.29 is 9.59 Å². The van der Waals surface area contributed by atoms with Crippen molar-refractivity contribution in [3.63, 3.8) is 0 Å². The predicted octanol–water partition coefficient (Wildman–Crippen LogP) is 1.95. The Labute approximate surface area is 144 Å². The van der Waals surface area contributed by atoms with E-state index in [0.29, 0.717) is 32.1 Å². The fourth-order valence-electron chi connectivity index (χ4n) is 3.80. The van der Waals surface area contributed by atoms with E-state index in [1.165, 1.54) is 6.42 Å². The first-order valence-corrected chi connectivity index (χ1v) is 9.00. The van der Waals surface area contributed by atoms with Crippen molar-refractivity contribution in [1.82, 2.24) is 15.1 Å². The van der Waals surface area contributed by atoms with Crippen LogP contribution in [0.25, 0.3) is 0 Å². The van der Waals surface area contributed by atoms with Crippen LogP contribution in [0.5, 0.6) is 0 Å². The summed E-state index contributed by atoms with van der Waals surface area (Å²) < 4.78 is 0. The highest BCUT2D eigenvalue weighted by molar-refractivity contribution is 5.80. The molecule has 1 aromatic rings. The Morgan fingerprint density at radius 2 is 2.00 bits per heavy atom. The van der Waals surface area contributed by atoms with E-state index < -0.39 is 0 Å². The molecule has 130 valence electrons. The van der Waals surface area contributed by atoms with Crippen LogP contribution in [-0.4, -0.2) is 53.8 Å². The Kier molecular flexibility index (Phi) is 5.51. The van der Waals surface area contributed by atoms with Crippen LogP contribution in [-0.2, 0) is 9.59 Å². The zero-order valence-corrected chi connectivity index (χ0v) is 14.4. The van der Waals surface area contributed by atoms with E-state index in [1.807, 2.05) is 35.2 Å². The molecular weight excluding hydrogens is 302 g/mol. The zero-order chi connectivity index (χ0) is 16.9. The zero-order valence-electron chi connectivity index (χ0n) is 14.4. The van der Waals surface area contributed by atoms with E-state index in [9.17, 15) is 9.59 Å². The summed E-state index contributed by atoms with van der Waals surface area (Å²) in [5.41, 5.74) is 1.11. The van der Waals surface area contributed by atoms with Gasteiger partial charge < -0.3 is 10.2 Å². The molecule has 0 saturated carbocycles. The van der Waals surface area contributed by atoms with Gasteiger partial charge in [-0.1, -0.05) is 30.3 Å². The standard InChI is InChI=1S/C19H27N3O2/c1-15-7-5-6-11-22(15)19(24)14-21-12-10-20-18(23)13-17(21)16-8-3-2-4-9-16/h2-4,8-9,15,17H,5-7,10-14H2,1H3,(H,20,23)/t15-,17-/m0/s1. The van der Waals surface area contributed by atoms with Gasteiger partial charge in [0.25, 0.3) is 0 Å². The Hall–Kier alpha value is -1.88. The number of hydrogen-bond donors (Lipinski definition) is 1. The van der Waals surface area contributed by atoms with E-state index >= 15 is 0 Å². The third-order valence-electron chi connectivity index (χ3n) is 5.19. The molecule has 3 rings (SSSR count). The highest BCUT2D eigenvalue weighted by atomic mass is 16.2. The van der Waals surface area contributed by atoms with Gasteiger partial charge in [-0.15, -0.1) is 0 Å². The third kappa shape index (κ3) is 3.96. The van der Waals surface area contributed by atoms with Gasteiger partial charge in [-0.05, 0) is 31.7 Å². The highest BCUT2D eigenvalue weighted by Crippen LogP contribution is 2.26. The van der Waals surface area contributed by atoms with Crippen LogP contribution in [0.2, 0.25) is 0 Å². The van der Waals surface area contributed by atoms with Crippen molar-refractivity contribution in [3.8, 4) is 0 Å². The monoisotopic (exact) mass is 329 g/mol. The fraction of sp³-hybridized carbons (Fsp3) is 0.579. The lowest BCUT2D eigenvalue weighted by atomic mass is 10.0. The number of piperidine rings is 1. The summed E-state index contributed by atoms with van der Waals surface area (Å²) in [5, 5.41) is 2.93. The quantitative estimate of drug-likeness (QED) is 0.922. The molecule has 0 spiro atoms. The molecule has 2 amide bonds. The van der Waals surface area contributed by atoms with Crippen LogP contribution in [0.15, 0.2) is 30.3 Å². The topological polar surface area (TPSA) is 52.7 Å². The molecule has 2 aliphatic rings. The lowest BCUT2D eigenvalue weighted by molar-refractivity contribution is -0.136. The average Bonchev–Trinajstić information content (AvgIpc) is 2.77. The summed E-state index contributed by atoms with van der Waals surface area (Å²) in [5.74, 6) is 0.252. The largest absolute Gasteiger partial charge is 0.355 e. The molecule has 5 nitrogen and oxygen atoms in total. The maximum Gasteiger partial charge on any atom is 0.237 e. The van der Waals surface area contributed by atoms with Crippen LogP contribution in [0, 0.1) is 0 Å². The van der Waals surface area contributed by atoms with Crippen molar-refractivity contribution in [3.05, 3.63) is 35.9 Å². The molecule has 0 radical (unpaired) electrons. The number of nitrogens with zero attached hydrogens (tertiary/aromatic N) is 2. The van der Waals surface area contributed by atoms with Gasteiger partial charge in [-0.25, -0.2) is 0 Å². The summed E-state index contributed by atoms with van der Waals surface area (Å²) in [6.07, 6.45) is 3.80. The van der Waals surface area contributed by atoms with E-state index in [1.54, 1.807) is 0 Å². The van der Waals surface area contributed by atoms with Gasteiger partial charge >= 0.3 is 0 Å². The molecule has 1 N–H and O–H groups in total. The minimum Gasteiger partial charge on any atom is -0.355 e. The van der Waals surface area contributed by atoms with Gasteiger partial charge in [0, 0.05) is 38.1 Å². The predicted molar refractivity (Wildman–Crippen MR) is 93.4 cm³/mol. The number of carbonyl (C=O) groups is 2. The van der Waals surface area contributed by atoms with Crippen LogP contribution < -0.4 is 5.32 Å². The normalized spacial score (nSPS) is 25.9. The van der Waals surface area contributed by atoms with Crippen LogP contribution in [0.1, 0.15) is 44.2 Å². The lowest BCUT2D eigenvalue weighted by Crippen LogP contribution is -2.47. The number of hydrogen-bond acceptors (Lipinski definition) is 3. The molecule has 0 aromatic heterocycles. The molecule has 0 unspecified atom stereocenters. The van der Waals surface area contributed by atoms with Crippen LogP contribution >= 0.6 is 0 Å². The average molecular weight is 329 g/mol. The van der Waals surface area contributed by atoms with E-state index in [4.69, 9.17) is 0 Å². The molecule has 1 aromatic carbocycles. The van der Waals surface area contributed by atoms with Gasteiger partial charge in [-0.2, -0.15) is 0 Å². The fourth-order valence-corrected chi connectivity index (χ4v) is 3.80. The Morgan fingerprint density at radius 3 is 2.75 bits per heavy atom. The summed E-state index contributed by atoms with van der Waals surface area (Å²) in [7, 11) is 0. The summed E-state index contributed by atoms with van der Waals surface area (Å²) in [6, 6.07) is 10.3. The maximum absolute atomic E-state index is 12.8. The Bertz CT molecular complexity index is 575. The second kappa shape index (κ2) is 7.79. The first-order chi connectivity index (χ1) is 11.6. The van der Waals surface area contributed by atoms with Crippen LogP contribution in [0.3, 0.4) is 0 Å². The van der Waals surface area contributed by atoms with Gasteiger partial charge in [0.2, 0.25) is 11.8 Å².